The first-order valence-corrected chi connectivity index (χ1v) is 7.83. The van der Waals surface area contributed by atoms with Crippen LogP contribution in [0.25, 0.3) is 0 Å². The van der Waals surface area contributed by atoms with E-state index in [1.54, 1.807) is 5.56 Å². The summed E-state index contributed by atoms with van der Waals surface area (Å²) in [6.07, 6.45) is 1.25. The van der Waals surface area contributed by atoms with Gasteiger partial charge in [-0.05, 0) is 36.6 Å². The number of nitrogens with zero attached hydrogens (tertiary/aromatic N) is 1. The lowest BCUT2D eigenvalue weighted by Crippen LogP contribution is -2.33. The van der Waals surface area contributed by atoms with E-state index in [2.05, 4.69) is 36.1 Å². The van der Waals surface area contributed by atoms with Crippen LogP contribution < -0.4 is 5.73 Å². The summed E-state index contributed by atoms with van der Waals surface area (Å²) >= 11 is 2.01. The van der Waals surface area contributed by atoms with Gasteiger partial charge < -0.3 is 10.6 Å². The molecule has 0 saturated carbocycles. The molecule has 3 heteroatoms. The minimum Gasteiger partial charge on any atom is -0.330 e. The van der Waals surface area contributed by atoms with Crippen molar-refractivity contribution in [2.24, 2.45) is 11.1 Å². The summed E-state index contributed by atoms with van der Waals surface area (Å²) in [5.41, 5.74) is 7.80. The first-order valence-electron chi connectivity index (χ1n) is 6.84. The third-order valence-electron chi connectivity index (χ3n) is 4.41. The Morgan fingerprint density at radius 2 is 2.28 bits per heavy atom. The van der Waals surface area contributed by atoms with Gasteiger partial charge in [-0.1, -0.05) is 25.1 Å². The normalized spacial score (nSPS) is 31.8. The maximum Gasteiger partial charge on any atom is 0.0108 e. The molecule has 18 heavy (non-hydrogen) atoms. The second kappa shape index (κ2) is 4.87. The van der Waals surface area contributed by atoms with Crippen LogP contribution in [0, 0.1) is 5.41 Å². The van der Waals surface area contributed by atoms with Crippen molar-refractivity contribution in [2.75, 3.05) is 31.9 Å². The Bertz CT molecular complexity index is 434. The number of likely N-dealkylation sites (tertiary alicyclic amines) is 1. The molecule has 0 aliphatic carbocycles. The van der Waals surface area contributed by atoms with Gasteiger partial charge in [-0.15, -0.1) is 11.8 Å². The molecule has 0 spiro atoms. The van der Waals surface area contributed by atoms with Crippen molar-refractivity contribution in [1.29, 1.82) is 0 Å². The molecule has 2 aliphatic rings. The molecule has 2 atom stereocenters. The van der Waals surface area contributed by atoms with Gasteiger partial charge in [0.25, 0.3) is 0 Å². The second-order valence-corrected chi connectivity index (χ2v) is 7.11. The Labute approximate surface area is 114 Å². The fourth-order valence-corrected chi connectivity index (χ4v) is 4.38. The van der Waals surface area contributed by atoms with Gasteiger partial charge in [0.2, 0.25) is 0 Å². The SMILES string of the molecule is CC1(CN)CCN(CC2CSc3ccccc32)C1. The molecule has 98 valence electrons. The highest BCUT2D eigenvalue weighted by atomic mass is 32.2. The van der Waals surface area contributed by atoms with Gasteiger partial charge in [0.05, 0.1) is 0 Å². The van der Waals surface area contributed by atoms with Crippen molar-refractivity contribution in [3.05, 3.63) is 29.8 Å². The third kappa shape index (κ3) is 2.31. The van der Waals surface area contributed by atoms with E-state index in [0.29, 0.717) is 11.3 Å². The number of nitrogens with two attached hydrogens (primary N) is 1. The van der Waals surface area contributed by atoms with Crippen LogP contribution >= 0.6 is 11.8 Å². The Morgan fingerprint density at radius 1 is 1.44 bits per heavy atom. The van der Waals surface area contributed by atoms with Crippen LogP contribution in [0.4, 0.5) is 0 Å². The molecule has 1 saturated heterocycles. The molecule has 2 unspecified atom stereocenters. The number of rotatable bonds is 3. The maximum absolute atomic E-state index is 5.88. The topological polar surface area (TPSA) is 29.3 Å². The lowest BCUT2D eigenvalue weighted by Gasteiger charge is -2.24. The highest BCUT2D eigenvalue weighted by Crippen LogP contribution is 2.40. The summed E-state index contributed by atoms with van der Waals surface area (Å²) in [6.45, 7) is 6.74. The molecule has 0 radical (unpaired) electrons. The van der Waals surface area contributed by atoms with E-state index in [4.69, 9.17) is 5.73 Å². The van der Waals surface area contributed by atoms with E-state index in [-0.39, 0.29) is 0 Å². The second-order valence-electron chi connectivity index (χ2n) is 6.05. The summed E-state index contributed by atoms with van der Waals surface area (Å²) in [5.74, 6) is 1.96. The summed E-state index contributed by atoms with van der Waals surface area (Å²) in [6, 6.07) is 8.88. The van der Waals surface area contributed by atoms with Crippen molar-refractivity contribution in [1.82, 2.24) is 4.90 Å². The average molecular weight is 262 g/mol. The van der Waals surface area contributed by atoms with Gasteiger partial charge in [0.1, 0.15) is 0 Å². The predicted octanol–water partition coefficient (Wildman–Crippen LogP) is 2.55. The van der Waals surface area contributed by atoms with Crippen molar-refractivity contribution in [2.45, 2.75) is 24.2 Å². The first-order chi connectivity index (χ1) is 8.70. The van der Waals surface area contributed by atoms with Crippen molar-refractivity contribution in [3.63, 3.8) is 0 Å². The summed E-state index contributed by atoms with van der Waals surface area (Å²) < 4.78 is 0. The largest absolute Gasteiger partial charge is 0.330 e. The van der Waals surface area contributed by atoms with Gasteiger partial charge in [-0.2, -0.15) is 0 Å². The van der Waals surface area contributed by atoms with Crippen LogP contribution in [0.15, 0.2) is 29.2 Å². The molecule has 2 N–H and O–H groups in total. The highest BCUT2D eigenvalue weighted by molar-refractivity contribution is 7.99. The van der Waals surface area contributed by atoms with E-state index in [9.17, 15) is 0 Å². The number of benzene rings is 1. The van der Waals surface area contributed by atoms with E-state index < -0.39 is 0 Å². The predicted molar refractivity (Wildman–Crippen MR) is 78.1 cm³/mol. The minimum atomic E-state index is 0.352. The summed E-state index contributed by atoms with van der Waals surface area (Å²) in [4.78, 5) is 4.10. The zero-order valence-electron chi connectivity index (χ0n) is 11.1. The van der Waals surface area contributed by atoms with E-state index in [0.717, 1.165) is 6.54 Å². The number of hydrogen-bond acceptors (Lipinski definition) is 3. The molecular weight excluding hydrogens is 240 g/mol. The Morgan fingerprint density at radius 3 is 3.06 bits per heavy atom. The quantitative estimate of drug-likeness (QED) is 0.907. The van der Waals surface area contributed by atoms with Crippen LogP contribution in [-0.2, 0) is 0 Å². The van der Waals surface area contributed by atoms with Crippen LogP contribution in [0.1, 0.15) is 24.8 Å². The van der Waals surface area contributed by atoms with Crippen molar-refractivity contribution < 1.29 is 0 Å². The van der Waals surface area contributed by atoms with Crippen molar-refractivity contribution >= 4 is 11.8 Å². The Kier molecular flexibility index (Phi) is 3.39. The van der Waals surface area contributed by atoms with E-state index in [1.165, 1.54) is 36.7 Å². The molecule has 1 fully saturated rings. The number of thioether (sulfide) groups is 1. The molecule has 2 heterocycles. The molecule has 2 nitrogen and oxygen atoms in total. The first kappa shape index (κ1) is 12.5. The van der Waals surface area contributed by atoms with Crippen LogP contribution in [0.5, 0.6) is 0 Å². The minimum absolute atomic E-state index is 0.352. The highest BCUT2D eigenvalue weighted by Gasteiger charge is 2.34. The number of fused-ring (bicyclic) bond motifs is 1. The zero-order valence-corrected chi connectivity index (χ0v) is 11.9. The molecule has 1 aromatic carbocycles. The van der Waals surface area contributed by atoms with Gasteiger partial charge in [0, 0.05) is 29.7 Å². The van der Waals surface area contributed by atoms with Gasteiger partial charge in [-0.25, -0.2) is 0 Å². The molecular formula is C15H22N2S. The van der Waals surface area contributed by atoms with Gasteiger partial charge in [0.15, 0.2) is 0 Å². The number of hydrogen-bond donors (Lipinski definition) is 1. The maximum atomic E-state index is 5.88. The fraction of sp³-hybridized carbons (Fsp3) is 0.600. The molecule has 3 rings (SSSR count). The van der Waals surface area contributed by atoms with Gasteiger partial charge in [-0.3, -0.25) is 0 Å². The Balaban J connectivity index is 1.66. The molecule has 0 bridgehead atoms. The van der Waals surface area contributed by atoms with E-state index >= 15 is 0 Å². The van der Waals surface area contributed by atoms with E-state index in [1.807, 2.05) is 11.8 Å². The lowest BCUT2D eigenvalue weighted by atomic mass is 9.90. The monoisotopic (exact) mass is 262 g/mol. The third-order valence-corrected chi connectivity index (χ3v) is 5.66. The molecule has 0 amide bonds. The molecule has 2 aliphatic heterocycles. The fourth-order valence-electron chi connectivity index (χ4n) is 3.14. The summed E-state index contributed by atoms with van der Waals surface area (Å²) in [7, 11) is 0. The Hall–Kier alpha value is -0.510. The zero-order chi connectivity index (χ0) is 12.6. The van der Waals surface area contributed by atoms with Crippen LogP contribution in [-0.4, -0.2) is 36.8 Å². The molecule has 0 aromatic heterocycles. The van der Waals surface area contributed by atoms with Crippen LogP contribution in [0.3, 0.4) is 0 Å². The standard InChI is InChI=1S/C15H22N2S/c1-15(10-16)6-7-17(11-15)8-12-9-18-14-5-3-2-4-13(12)14/h2-5,12H,6-11,16H2,1H3. The van der Waals surface area contributed by atoms with Gasteiger partial charge >= 0.3 is 0 Å². The molecule has 1 aromatic rings. The van der Waals surface area contributed by atoms with Crippen molar-refractivity contribution in [3.8, 4) is 0 Å². The average Bonchev–Trinajstić information content (AvgIpc) is 2.96. The smallest absolute Gasteiger partial charge is 0.0108 e. The summed E-state index contributed by atoms with van der Waals surface area (Å²) in [5, 5.41) is 0. The lowest BCUT2D eigenvalue weighted by molar-refractivity contribution is 0.271. The van der Waals surface area contributed by atoms with Crippen LogP contribution in [0.2, 0.25) is 0 Å².